The van der Waals surface area contributed by atoms with E-state index in [1.807, 2.05) is 6.07 Å². The minimum absolute atomic E-state index is 0.574. The monoisotopic (exact) mass is 224 g/mol. The Hall–Kier alpha value is -1.16. The van der Waals surface area contributed by atoms with Gasteiger partial charge in [0.1, 0.15) is 4.60 Å². The van der Waals surface area contributed by atoms with Gasteiger partial charge in [-0.15, -0.1) is 0 Å². The second kappa shape index (κ2) is 2.71. The molecule has 1 N–H and O–H groups in total. The molecule has 2 heterocycles. The Kier molecular flexibility index (Phi) is 1.69. The lowest BCUT2D eigenvalue weighted by atomic mass is 10.3. The van der Waals surface area contributed by atoms with Gasteiger partial charge in [0, 0.05) is 11.6 Å². The molecule has 4 heteroatoms. The Morgan fingerprint density at radius 3 is 3.08 bits per heavy atom. The number of hydrogen-bond donors (Lipinski definition) is 1. The van der Waals surface area contributed by atoms with Crippen molar-refractivity contribution in [3.8, 4) is 0 Å². The summed E-state index contributed by atoms with van der Waals surface area (Å²) in [6.45, 7) is 0. The topological polar surface area (TPSA) is 45.8 Å². The zero-order chi connectivity index (χ0) is 8.55. The highest BCUT2D eigenvalue weighted by molar-refractivity contribution is 9.10. The van der Waals surface area contributed by atoms with Crippen LogP contribution >= 0.6 is 15.9 Å². The first-order valence-corrected chi connectivity index (χ1v) is 4.18. The summed E-state index contributed by atoms with van der Waals surface area (Å²) in [5, 5.41) is 0.945. The summed E-state index contributed by atoms with van der Waals surface area (Å²) in [4.78, 5) is 17.4. The third-order valence-corrected chi connectivity index (χ3v) is 2.05. The summed E-state index contributed by atoms with van der Waals surface area (Å²) in [6.07, 6.45) is 2.50. The van der Waals surface area contributed by atoms with Gasteiger partial charge in [-0.05, 0) is 28.1 Å². The Labute approximate surface area is 76.9 Å². The van der Waals surface area contributed by atoms with E-state index in [1.54, 1.807) is 12.3 Å². The lowest BCUT2D eigenvalue weighted by Gasteiger charge is -1.88. The zero-order valence-electron chi connectivity index (χ0n) is 6.04. The van der Waals surface area contributed by atoms with Crippen LogP contribution in [0.3, 0.4) is 0 Å². The van der Waals surface area contributed by atoms with Crippen molar-refractivity contribution in [2.45, 2.75) is 0 Å². The van der Waals surface area contributed by atoms with Gasteiger partial charge in [-0.2, -0.15) is 0 Å². The molecule has 0 bridgehead atoms. The minimum Gasteiger partial charge on any atom is -0.352 e. The Morgan fingerprint density at radius 1 is 1.50 bits per heavy atom. The van der Waals surface area contributed by atoms with E-state index in [1.165, 1.54) is 0 Å². The molecule has 0 amide bonds. The van der Waals surface area contributed by atoms with Crippen LogP contribution in [0.2, 0.25) is 0 Å². The fourth-order valence-electron chi connectivity index (χ4n) is 1.09. The molecule has 0 saturated heterocycles. The number of carbonyl (C=O) groups excluding carboxylic acids is 1. The second-order valence-electron chi connectivity index (χ2n) is 2.44. The second-order valence-corrected chi connectivity index (χ2v) is 3.25. The highest BCUT2D eigenvalue weighted by Crippen LogP contribution is 2.16. The van der Waals surface area contributed by atoms with Crippen LogP contribution in [0, 0.1) is 0 Å². The third kappa shape index (κ3) is 1.14. The average molecular weight is 225 g/mol. The number of fused-ring (bicyclic) bond motifs is 1. The number of H-pyrrole nitrogens is 1. The molecule has 2 rings (SSSR count). The van der Waals surface area contributed by atoms with Crippen LogP contribution in [0.15, 0.2) is 22.9 Å². The summed E-state index contributed by atoms with van der Waals surface area (Å²) in [5.41, 5.74) is 1.49. The zero-order valence-corrected chi connectivity index (χ0v) is 7.63. The number of aldehydes is 1. The van der Waals surface area contributed by atoms with Crippen molar-refractivity contribution < 1.29 is 4.79 Å². The van der Waals surface area contributed by atoms with Gasteiger partial charge in [0.2, 0.25) is 0 Å². The minimum atomic E-state index is 0.574. The standard InChI is InChI=1S/C8H5BrN2O/c9-8-2-7-5(3-10-8)1-6(4-12)11-7/h1-4,11H. The molecule has 0 aliphatic carbocycles. The first kappa shape index (κ1) is 7.49. The molecule has 0 aromatic carbocycles. The molecule has 2 aromatic rings. The summed E-state index contributed by atoms with van der Waals surface area (Å²) >= 11 is 3.24. The number of hydrogen-bond acceptors (Lipinski definition) is 2. The molecular formula is C8H5BrN2O. The largest absolute Gasteiger partial charge is 0.352 e. The van der Waals surface area contributed by atoms with Crippen LogP contribution in [0.1, 0.15) is 10.5 Å². The van der Waals surface area contributed by atoms with E-state index in [2.05, 4.69) is 25.9 Å². The van der Waals surface area contributed by atoms with Crippen LogP contribution < -0.4 is 0 Å². The first-order valence-electron chi connectivity index (χ1n) is 3.39. The highest BCUT2D eigenvalue weighted by atomic mass is 79.9. The average Bonchev–Trinajstić information content (AvgIpc) is 2.46. The Bertz CT molecular complexity index is 436. The maximum absolute atomic E-state index is 10.4. The van der Waals surface area contributed by atoms with Gasteiger partial charge in [0.25, 0.3) is 0 Å². The molecule has 3 nitrogen and oxygen atoms in total. The van der Waals surface area contributed by atoms with Crippen LogP contribution in [-0.4, -0.2) is 16.3 Å². The molecule has 0 aliphatic rings. The summed E-state index contributed by atoms with van der Waals surface area (Å²) in [5.74, 6) is 0. The molecule has 60 valence electrons. The molecule has 0 spiro atoms. The Morgan fingerprint density at radius 2 is 2.33 bits per heavy atom. The van der Waals surface area contributed by atoms with Crippen molar-refractivity contribution in [2.75, 3.05) is 0 Å². The number of pyridine rings is 1. The summed E-state index contributed by atoms with van der Waals surface area (Å²) < 4.78 is 0.759. The molecule has 0 atom stereocenters. The van der Waals surface area contributed by atoms with Crippen molar-refractivity contribution >= 4 is 33.1 Å². The summed E-state index contributed by atoms with van der Waals surface area (Å²) in [6, 6.07) is 3.60. The first-order chi connectivity index (χ1) is 5.79. The number of rotatable bonds is 1. The normalized spacial score (nSPS) is 10.4. The number of carbonyl (C=O) groups is 1. The third-order valence-electron chi connectivity index (χ3n) is 1.62. The van der Waals surface area contributed by atoms with Crippen molar-refractivity contribution in [2.24, 2.45) is 0 Å². The number of aromatic amines is 1. The SMILES string of the molecule is O=Cc1cc2cnc(Br)cc2[nH]1. The quantitative estimate of drug-likeness (QED) is 0.596. The predicted molar refractivity (Wildman–Crippen MR) is 49.2 cm³/mol. The van der Waals surface area contributed by atoms with Crippen LogP contribution in [0.4, 0.5) is 0 Å². The smallest absolute Gasteiger partial charge is 0.166 e. The highest BCUT2D eigenvalue weighted by Gasteiger charge is 1.99. The lowest BCUT2D eigenvalue weighted by Crippen LogP contribution is -1.75. The van der Waals surface area contributed by atoms with Crippen molar-refractivity contribution in [3.05, 3.63) is 28.6 Å². The molecule has 0 unspecified atom stereocenters. The number of aromatic nitrogens is 2. The van der Waals surface area contributed by atoms with Crippen LogP contribution in [-0.2, 0) is 0 Å². The molecule has 0 fully saturated rings. The van der Waals surface area contributed by atoms with Crippen molar-refractivity contribution in [1.82, 2.24) is 9.97 Å². The Balaban J connectivity index is 2.75. The fraction of sp³-hybridized carbons (Fsp3) is 0. The predicted octanol–water partition coefficient (Wildman–Crippen LogP) is 2.14. The lowest BCUT2D eigenvalue weighted by molar-refractivity contribution is 0.112. The van der Waals surface area contributed by atoms with Gasteiger partial charge in [-0.1, -0.05) is 0 Å². The molecule has 12 heavy (non-hydrogen) atoms. The number of nitrogens with zero attached hydrogens (tertiary/aromatic N) is 1. The van der Waals surface area contributed by atoms with Gasteiger partial charge >= 0.3 is 0 Å². The molecule has 0 aliphatic heterocycles. The van der Waals surface area contributed by atoms with E-state index in [0.29, 0.717) is 5.69 Å². The van der Waals surface area contributed by atoms with Gasteiger partial charge in [-0.3, -0.25) is 4.79 Å². The van der Waals surface area contributed by atoms with Gasteiger partial charge in [-0.25, -0.2) is 4.98 Å². The van der Waals surface area contributed by atoms with Gasteiger partial charge in [0.05, 0.1) is 11.2 Å². The van der Waals surface area contributed by atoms with E-state index >= 15 is 0 Å². The molecule has 2 aromatic heterocycles. The summed E-state index contributed by atoms with van der Waals surface area (Å²) in [7, 11) is 0. The molecular weight excluding hydrogens is 220 g/mol. The van der Waals surface area contributed by atoms with E-state index in [9.17, 15) is 4.79 Å². The van der Waals surface area contributed by atoms with Gasteiger partial charge < -0.3 is 4.98 Å². The number of halogens is 1. The fourth-order valence-corrected chi connectivity index (χ4v) is 1.42. The van der Waals surface area contributed by atoms with E-state index in [0.717, 1.165) is 21.8 Å². The van der Waals surface area contributed by atoms with E-state index < -0.39 is 0 Å². The maximum Gasteiger partial charge on any atom is 0.166 e. The van der Waals surface area contributed by atoms with Crippen molar-refractivity contribution in [1.29, 1.82) is 0 Å². The molecule has 0 radical (unpaired) electrons. The van der Waals surface area contributed by atoms with E-state index in [-0.39, 0.29) is 0 Å². The van der Waals surface area contributed by atoms with Crippen LogP contribution in [0.5, 0.6) is 0 Å². The van der Waals surface area contributed by atoms with Gasteiger partial charge in [0.15, 0.2) is 6.29 Å². The van der Waals surface area contributed by atoms with Crippen LogP contribution in [0.25, 0.3) is 10.9 Å². The molecule has 0 saturated carbocycles. The van der Waals surface area contributed by atoms with Crippen molar-refractivity contribution in [3.63, 3.8) is 0 Å². The van der Waals surface area contributed by atoms with E-state index in [4.69, 9.17) is 0 Å². The maximum atomic E-state index is 10.4. The number of nitrogens with one attached hydrogen (secondary N) is 1.